The van der Waals surface area contributed by atoms with Crippen LogP contribution in [0.15, 0.2) is 29.4 Å². The summed E-state index contributed by atoms with van der Waals surface area (Å²) in [5.74, 6) is 0.830. The lowest BCUT2D eigenvalue weighted by Crippen LogP contribution is -2.18. The van der Waals surface area contributed by atoms with Crippen LogP contribution in [0.2, 0.25) is 0 Å². The number of aromatic nitrogens is 4. The molecule has 0 amide bonds. The van der Waals surface area contributed by atoms with Crippen LogP contribution in [0.5, 0.6) is 0 Å². The first-order valence-electron chi connectivity index (χ1n) is 5.74. The van der Waals surface area contributed by atoms with E-state index >= 15 is 0 Å². The second-order valence-corrected chi connectivity index (χ2v) is 5.02. The van der Waals surface area contributed by atoms with Crippen molar-refractivity contribution in [2.24, 2.45) is 0 Å². The van der Waals surface area contributed by atoms with Crippen molar-refractivity contribution in [3.63, 3.8) is 0 Å². The highest BCUT2D eigenvalue weighted by atomic mass is 32.1. The molecule has 0 aliphatic carbocycles. The first kappa shape index (κ1) is 11.2. The topological polar surface area (TPSA) is 66.5 Å². The van der Waals surface area contributed by atoms with Gasteiger partial charge in [-0.15, -0.1) is 0 Å². The average molecular weight is 259 g/mol. The van der Waals surface area contributed by atoms with Crippen molar-refractivity contribution in [2.75, 3.05) is 5.32 Å². The third-order valence-electron chi connectivity index (χ3n) is 2.75. The molecule has 3 aromatic heterocycles. The lowest BCUT2D eigenvalue weighted by Gasteiger charge is -2.13. The molecule has 0 aromatic carbocycles. The van der Waals surface area contributed by atoms with E-state index in [0.29, 0.717) is 6.04 Å². The van der Waals surface area contributed by atoms with Gasteiger partial charge < -0.3 is 5.32 Å². The Morgan fingerprint density at radius 2 is 2.39 bits per heavy atom. The smallest absolute Gasteiger partial charge is 0.160 e. The lowest BCUT2D eigenvalue weighted by molar-refractivity contribution is 0.788. The van der Waals surface area contributed by atoms with Crippen molar-refractivity contribution in [1.29, 1.82) is 0 Å². The molecule has 0 aliphatic rings. The summed E-state index contributed by atoms with van der Waals surface area (Å²) in [6.45, 7) is 2.14. The molecule has 5 nitrogen and oxygen atoms in total. The zero-order valence-corrected chi connectivity index (χ0v) is 10.7. The number of aromatic amines is 1. The molecule has 0 radical (unpaired) electrons. The number of H-pyrrole nitrogens is 1. The van der Waals surface area contributed by atoms with Crippen LogP contribution < -0.4 is 5.32 Å². The minimum Gasteiger partial charge on any atom is -0.367 e. The van der Waals surface area contributed by atoms with Gasteiger partial charge in [0.25, 0.3) is 0 Å². The Bertz CT molecular complexity index is 631. The molecule has 0 saturated carbocycles. The first-order valence-corrected chi connectivity index (χ1v) is 6.69. The van der Waals surface area contributed by atoms with Crippen molar-refractivity contribution in [2.45, 2.75) is 19.4 Å². The van der Waals surface area contributed by atoms with Gasteiger partial charge in [0, 0.05) is 6.04 Å². The van der Waals surface area contributed by atoms with Gasteiger partial charge in [-0.25, -0.2) is 9.97 Å². The third-order valence-corrected chi connectivity index (χ3v) is 3.49. The normalized spacial score (nSPS) is 12.7. The van der Waals surface area contributed by atoms with Crippen LogP contribution in [-0.2, 0) is 6.42 Å². The Hall–Kier alpha value is -1.95. The second-order valence-electron chi connectivity index (χ2n) is 4.24. The van der Waals surface area contributed by atoms with Crippen LogP contribution in [0, 0.1) is 0 Å². The zero-order valence-electron chi connectivity index (χ0n) is 9.92. The minimum atomic E-state index is 0.313. The predicted octanol–water partition coefficient (Wildman–Crippen LogP) is 2.46. The van der Waals surface area contributed by atoms with E-state index in [0.717, 1.165) is 23.3 Å². The van der Waals surface area contributed by atoms with Crippen LogP contribution >= 0.6 is 11.3 Å². The number of anilines is 1. The fraction of sp³-hybridized carbons (Fsp3) is 0.250. The maximum absolute atomic E-state index is 4.27. The van der Waals surface area contributed by atoms with E-state index < -0.39 is 0 Å². The predicted molar refractivity (Wildman–Crippen MR) is 72.8 cm³/mol. The largest absolute Gasteiger partial charge is 0.367 e. The molecule has 0 aliphatic heterocycles. The molecule has 3 aromatic rings. The molecule has 6 heteroatoms. The average Bonchev–Trinajstić information content (AvgIpc) is 2.99. The SMILES string of the molecule is C[C@H](Cc1ccsc1)Nc1ncnc2[nH]ncc12. The van der Waals surface area contributed by atoms with Gasteiger partial charge in [-0.1, -0.05) is 0 Å². The molecule has 1 atom stereocenters. The van der Waals surface area contributed by atoms with Crippen molar-refractivity contribution in [1.82, 2.24) is 20.2 Å². The Morgan fingerprint density at radius 1 is 1.44 bits per heavy atom. The second kappa shape index (κ2) is 4.73. The molecule has 3 rings (SSSR count). The fourth-order valence-corrected chi connectivity index (χ4v) is 2.61. The summed E-state index contributed by atoms with van der Waals surface area (Å²) in [5.41, 5.74) is 2.10. The number of rotatable bonds is 4. The molecule has 3 heterocycles. The maximum Gasteiger partial charge on any atom is 0.160 e. The quantitative estimate of drug-likeness (QED) is 0.755. The third kappa shape index (κ3) is 2.19. The van der Waals surface area contributed by atoms with Gasteiger partial charge in [-0.3, -0.25) is 5.10 Å². The molecular formula is C12H13N5S. The summed E-state index contributed by atoms with van der Waals surface area (Å²) in [7, 11) is 0. The number of hydrogen-bond donors (Lipinski definition) is 2. The van der Waals surface area contributed by atoms with Crippen molar-refractivity contribution in [3.8, 4) is 0 Å². The molecule has 0 spiro atoms. The Morgan fingerprint density at radius 3 is 3.22 bits per heavy atom. The zero-order chi connectivity index (χ0) is 12.4. The molecule has 0 unspecified atom stereocenters. The minimum absolute atomic E-state index is 0.313. The summed E-state index contributed by atoms with van der Waals surface area (Å²) >= 11 is 1.72. The van der Waals surface area contributed by atoms with E-state index in [1.54, 1.807) is 23.9 Å². The molecule has 0 bridgehead atoms. The number of hydrogen-bond acceptors (Lipinski definition) is 5. The van der Waals surface area contributed by atoms with Gasteiger partial charge in [-0.05, 0) is 35.7 Å². The van der Waals surface area contributed by atoms with Gasteiger partial charge in [0.1, 0.15) is 12.1 Å². The van der Waals surface area contributed by atoms with Gasteiger partial charge in [0.15, 0.2) is 5.65 Å². The monoisotopic (exact) mass is 259 g/mol. The van der Waals surface area contributed by atoms with Crippen molar-refractivity contribution < 1.29 is 0 Å². The van der Waals surface area contributed by atoms with E-state index in [4.69, 9.17) is 0 Å². The number of nitrogens with one attached hydrogen (secondary N) is 2. The molecule has 2 N–H and O–H groups in total. The number of nitrogens with zero attached hydrogens (tertiary/aromatic N) is 3. The Kier molecular flexibility index (Phi) is 2.93. The van der Waals surface area contributed by atoms with E-state index in [2.05, 4.69) is 49.2 Å². The van der Waals surface area contributed by atoms with E-state index in [9.17, 15) is 0 Å². The van der Waals surface area contributed by atoms with Gasteiger partial charge >= 0.3 is 0 Å². The van der Waals surface area contributed by atoms with Crippen LogP contribution in [0.4, 0.5) is 5.82 Å². The summed E-state index contributed by atoms with van der Waals surface area (Å²) < 4.78 is 0. The molecular weight excluding hydrogens is 246 g/mol. The first-order chi connectivity index (χ1) is 8.83. The van der Waals surface area contributed by atoms with Crippen molar-refractivity contribution in [3.05, 3.63) is 34.9 Å². The summed E-state index contributed by atoms with van der Waals surface area (Å²) in [5, 5.41) is 15.4. The maximum atomic E-state index is 4.27. The van der Waals surface area contributed by atoms with Gasteiger partial charge in [-0.2, -0.15) is 16.4 Å². The molecule has 0 saturated heterocycles. The summed E-state index contributed by atoms with van der Waals surface area (Å²) in [6.07, 6.45) is 4.27. The number of thiophene rings is 1. The van der Waals surface area contributed by atoms with Crippen molar-refractivity contribution >= 4 is 28.2 Å². The fourth-order valence-electron chi connectivity index (χ4n) is 1.93. The highest BCUT2D eigenvalue weighted by Gasteiger charge is 2.09. The Balaban J connectivity index is 1.77. The standard InChI is InChI=1S/C12H13N5S/c1-8(4-9-2-3-18-6-9)16-11-10-5-15-17-12(10)14-7-13-11/h2-3,5-8H,4H2,1H3,(H2,13,14,15,16,17)/t8-/m1/s1. The van der Waals surface area contributed by atoms with Crippen LogP contribution in [0.1, 0.15) is 12.5 Å². The molecule has 0 fully saturated rings. The summed E-state index contributed by atoms with van der Waals surface area (Å²) in [4.78, 5) is 8.39. The van der Waals surface area contributed by atoms with Crippen LogP contribution in [-0.4, -0.2) is 26.2 Å². The van der Waals surface area contributed by atoms with Gasteiger partial charge in [0.05, 0.1) is 11.6 Å². The van der Waals surface area contributed by atoms with Crippen LogP contribution in [0.3, 0.4) is 0 Å². The summed E-state index contributed by atoms with van der Waals surface area (Å²) in [6, 6.07) is 2.46. The van der Waals surface area contributed by atoms with Crippen LogP contribution in [0.25, 0.3) is 11.0 Å². The molecule has 92 valence electrons. The lowest BCUT2D eigenvalue weighted by atomic mass is 10.1. The van der Waals surface area contributed by atoms with E-state index in [1.807, 2.05) is 0 Å². The highest BCUT2D eigenvalue weighted by Crippen LogP contribution is 2.18. The number of fused-ring (bicyclic) bond motifs is 1. The Labute approximate surface area is 108 Å². The van der Waals surface area contributed by atoms with E-state index in [1.165, 1.54) is 5.56 Å². The van der Waals surface area contributed by atoms with E-state index in [-0.39, 0.29) is 0 Å². The van der Waals surface area contributed by atoms with Gasteiger partial charge in [0.2, 0.25) is 0 Å². The highest BCUT2D eigenvalue weighted by molar-refractivity contribution is 7.07. The molecule has 18 heavy (non-hydrogen) atoms.